The molecule has 0 saturated carbocycles. The normalized spacial score (nSPS) is 27.6. The van der Waals surface area contributed by atoms with E-state index in [2.05, 4.69) is 5.32 Å². The van der Waals surface area contributed by atoms with Gasteiger partial charge < -0.3 is 15.2 Å². The summed E-state index contributed by atoms with van der Waals surface area (Å²) in [5.41, 5.74) is 1.70. The molecule has 2 aliphatic heterocycles. The average molecular weight is 303 g/mol. The van der Waals surface area contributed by atoms with Crippen molar-refractivity contribution in [2.75, 3.05) is 5.32 Å². The number of nitrogens with one attached hydrogen (secondary N) is 1. The van der Waals surface area contributed by atoms with Gasteiger partial charge in [-0.3, -0.25) is 9.59 Å². The van der Waals surface area contributed by atoms with Gasteiger partial charge in [0.05, 0.1) is 24.0 Å². The van der Waals surface area contributed by atoms with Gasteiger partial charge in [0, 0.05) is 5.69 Å². The predicted molar refractivity (Wildman–Crippen MR) is 81.6 cm³/mol. The molecule has 0 aromatic heterocycles. The summed E-state index contributed by atoms with van der Waals surface area (Å²) in [4.78, 5) is 23.1. The maximum Gasteiger partial charge on any atom is 0.306 e. The molecule has 2 fully saturated rings. The van der Waals surface area contributed by atoms with E-state index in [9.17, 15) is 9.59 Å². The Hall–Kier alpha value is -1.88. The monoisotopic (exact) mass is 303 g/mol. The van der Waals surface area contributed by atoms with Crippen molar-refractivity contribution in [3.63, 3.8) is 0 Å². The van der Waals surface area contributed by atoms with Crippen molar-refractivity contribution in [2.45, 2.75) is 44.8 Å². The summed E-state index contributed by atoms with van der Waals surface area (Å²) in [6.07, 6.45) is 3.72. The van der Waals surface area contributed by atoms with Crippen LogP contribution in [-0.4, -0.2) is 29.2 Å². The summed E-state index contributed by atoms with van der Waals surface area (Å²) >= 11 is 0. The first-order valence-corrected chi connectivity index (χ1v) is 7.81. The van der Waals surface area contributed by atoms with Gasteiger partial charge in [-0.1, -0.05) is 19.1 Å². The number of benzene rings is 1. The van der Waals surface area contributed by atoms with E-state index in [1.165, 1.54) is 0 Å². The van der Waals surface area contributed by atoms with E-state index in [4.69, 9.17) is 9.84 Å². The smallest absolute Gasteiger partial charge is 0.306 e. The SMILES string of the molecule is CC(Cc1ccc(NC(=O)C2CC3CCC2O3)cc1)C(=O)O. The van der Waals surface area contributed by atoms with Crippen molar-refractivity contribution in [1.29, 1.82) is 0 Å². The molecule has 1 amide bonds. The molecule has 1 aromatic carbocycles. The number of aliphatic carboxylic acids is 1. The number of carboxylic acid groups (broad SMARTS) is 1. The largest absolute Gasteiger partial charge is 0.481 e. The van der Waals surface area contributed by atoms with E-state index in [0.717, 1.165) is 30.5 Å². The van der Waals surface area contributed by atoms with Crippen LogP contribution in [0.5, 0.6) is 0 Å². The minimum atomic E-state index is -0.798. The van der Waals surface area contributed by atoms with E-state index >= 15 is 0 Å². The minimum Gasteiger partial charge on any atom is -0.481 e. The Morgan fingerprint density at radius 2 is 2.05 bits per heavy atom. The van der Waals surface area contributed by atoms with Gasteiger partial charge in [0.25, 0.3) is 0 Å². The Morgan fingerprint density at radius 1 is 1.32 bits per heavy atom. The van der Waals surface area contributed by atoms with E-state index in [-0.39, 0.29) is 24.0 Å². The third kappa shape index (κ3) is 3.14. The molecule has 1 aromatic rings. The van der Waals surface area contributed by atoms with E-state index < -0.39 is 11.9 Å². The summed E-state index contributed by atoms with van der Waals surface area (Å²) in [5, 5.41) is 11.9. The van der Waals surface area contributed by atoms with Gasteiger partial charge in [-0.2, -0.15) is 0 Å². The van der Waals surface area contributed by atoms with Crippen LogP contribution in [0.3, 0.4) is 0 Å². The van der Waals surface area contributed by atoms with Crippen molar-refractivity contribution in [1.82, 2.24) is 0 Å². The first kappa shape index (κ1) is 15.0. The van der Waals surface area contributed by atoms with Gasteiger partial charge >= 0.3 is 5.97 Å². The Kier molecular flexibility index (Phi) is 4.16. The number of amides is 1. The van der Waals surface area contributed by atoms with E-state index in [1.807, 2.05) is 24.3 Å². The fraction of sp³-hybridized carbons (Fsp3) is 0.529. The molecule has 3 rings (SSSR count). The van der Waals surface area contributed by atoms with Crippen molar-refractivity contribution < 1.29 is 19.4 Å². The number of ether oxygens (including phenoxy) is 1. The molecule has 2 bridgehead atoms. The fourth-order valence-corrected chi connectivity index (χ4v) is 3.31. The van der Waals surface area contributed by atoms with Crippen LogP contribution in [-0.2, 0) is 20.7 Å². The van der Waals surface area contributed by atoms with Gasteiger partial charge in [-0.25, -0.2) is 0 Å². The first-order valence-electron chi connectivity index (χ1n) is 7.81. The third-order valence-electron chi connectivity index (χ3n) is 4.63. The highest BCUT2D eigenvalue weighted by molar-refractivity contribution is 5.93. The van der Waals surface area contributed by atoms with Crippen LogP contribution in [0.2, 0.25) is 0 Å². The Morgan fingerprint density at radius 3 is 2.59 bits per heavy atom. The molecule has 4 unspecified atom stereocenters. The zero-order valence-electron chi connectivity index (χ0n) is 12.6. The summed E-state index contributed by atoms with van der Waals surface area (Å²) in [5.74, 6) is -1.22. The summed E-state index contributed by atoms with van der Waals surface area (Å²) < 4.78 is 5.71. The Balaban J connectivity index is 1.57. The first-order chi connectivity index (χ1) is 10.5. The molecule has 5 heteroatoms. The van der Waals surface area contributed by atoms with Gasteiger partial charge in [0.15, 0.2) is 0 Å². The number of carbonyl (C=O) groups is 2. The van der Waals surface area contributed by atoms with Crippen LogP contribution in [0.15, 0.2) is 24.3 Å². The number of anilines is 1. The summed E-state index contributed by atoms with van der Waals surface area (Å²) in [6, 6.07) is 7.39. The third-order valence-corrected chi connectivity index (χ3v) is 4.63. The van der Waals surface area contributed by atoms with Crippen molar-refractivity contribution in [3.05, 3.63) is 29.8 Å². The van der Waals surface area contributed by atoms with Crippen molar-refractivity contribution >= 4 is 17.6 Å². The van der Waals surface area contributed by atoms with Gasteiger partial charge in [0.2, 0.25) is 5.91 Å². The lowest BCUT2D eigenvalue weighted by Gasteiger charge is -2.18. The lowest BCUT2D eigenvalue weighted by molar-refractivity contribution is -0.141. The van der Waals surface area contributed by atoms with Crippen LogP contribution in [0.4, 0.5) is 5.69 Å². The lowest BCUT2D eigenvalue weighted by Crippen LogP contribution is -2.30. The van der Waals surface area contributed by atoms with Gasteiger partial charge in [-0.05, 0) is 43.4 Å². The van der Waals surface area contributed by atoms with Gasteiger partial charge in [-0.15, -0.1) is 0 Å². The van der Waals surface area contributed by atoms with Crippen LogP contribution < -0.4 is 5.32 Å². The quantitative estimate of drug-likeness (QED) is 0.876. The topological polar surface area (TPSA) is 75.6 Å². The number of fused-ring (bicyclic) bond motifs is 2. The van der Waals surface area contributed by atoms with Crippen LogP contribution in [0, 0.1) is 11.8 Å². The standard InChI is InChI=1S/C17H21NO4/c1-10(17(20)21)8-11-2-4-12(5-3-11)18-16(19)14-9-13-6-7-15(14)22-13/h2-5,10,13-15H,6-9H2,1H3,(H,18,19)(H,20,21). The highest BCUT2D eigenvalue weighted by atomic mass is 16.5. The molecule has 2 saturated heterocycles. The number of carboxylic acids is 1. The average Bonchev–Trinajstić information content (AvgIpc) is 3.12. The molecule has 118 valence electrons. The number of carbonyl (C=O) groups excluding carboxylic acids is 1. The van der Waals surface area contributed by atoms with Gasteiger partial charge in [0.1, 0.15) is 0 Å². The second-order valence-corrected chi connectivity index (χ2v) is 6.35. The summed E-state index contributed by atoms with van der Waals surface area (Å²) in [6.45, 7) is 1.69. The van der Waals surface area contributed by atoms with Crippen molar-refractivity contribution in [2.24, 2.45) is 11.8 Å². The van der Waals surface area contributed by atoms with Crippen LogP contribution in [0.1, 0.15) is 31.7 Å². The molecule has 22 heavy (non-hydrogen) atoms. The molecule has 2 heterocycles. The highest BCUT2D eigenvalue weighted by Crippen LogP contribution is 2.39. The number of hydrogen-bond donors (Lipinski definition) is 2. The molecular weight excluding hydrogens is 282 g/mol. The zero-order valence-corrected chi connectivity index (χ0v) is 12.6. The number of hydrogen-bond acceptors (Lipinski definition) is 3. The maximum atomic E-state index is 12.3. The molecule has 0 aliphatic carbocycles. The number of rotatable bonds is 5. The summed E-state index contributed by atoms with van der Waals surface area (Å²) in [7, 11) is 0. The maximum absolute atomic E-state index is 12.3. The van der Waals surface area contributed by atoms with E-state index in [0.29, 0.717) is 6.42 Å². The molecule has 2 aliphatic rings. The Labute approximate surface area is 129 Å². The highest BCUT2D eigenvalue weighted by Gasteiger charge is 2.44. The van der Waals surface area contributed by atoms with Crippen LogP contribution in [0.25, 0.3) is 0 Å². The van der Waals surface area contributed by atoms with E-state index in [1.54, 1.807) is 6.92 Å². The second kappa shape index (κ2) is 6.08. The molecule has 2 N–H and O–H groups in total. The predicted octanol–water partition coefficient (Wildman–Crippen LogP) is 2.46. The van der Waals surface area contributed by atoms with Crippen LogP contribution >= 0.6 is 0 Å². The molecule has 5 nitrogen and oxygen atoms in total. The fourth-order valence-electron chi connectivity index (χ4n) is 3.31. The minimum absolute atomic E-state index is 0.0267. The molecule has 4 atom stereocenters. The molecule has 0 spiro atoms. The zero-order chi connectivity index (χ0) is 15.7. The molecular formula is C17H21NO4. The second-order valence-electron chi connectivity index (χ2n) is 6.35. The lowest BCUT2D eigenvalue weighted by atomic mass is 9.88. The Bertz CT molecular complexity index is 569. The van der Waals surface area contributed by atoms with Crippen molar-refractivity contribution in [3.8, 4) is 0 Å². The molecule has 0 radical (unpaired) electrons.